The van der Waals surface area contributed by atoms with E-state index in [1.165, 1.54) is 47.8 Å². The second-order valence-corrected chi connectivity index (χ2v) is 7.11. The summed E-state index contributed by atoms with van der Waals surface area (Å²) in [6.45, 7) is 2.37. The Morgan fingerprint density at radius 3 is 2.67 bits per heavy atom. The topological polar surface area (TPSA) is 0 Å². The first-order valence-electron chi connectivity index (χ1n) is 6.81. The molecule has 0 nitrogen and oxygen atoms in total. The van der Waals surface area contributed by atoms with Crippen LogP contribution >= 0.6 is 22.9 Å². The van der Waals surface area contributed by atoms with E-state index in [1.807, 2.05) is 11.3 Å². The van der Waals surface area contributed by atoms with E-state index in [-0.39, 0.29) is 10.8 Å². The van der Waals surface area contributed by atoms with Gasteiger partial charge in [0, 0.05) is 4.70 Å². The molecule has 18 heavy (non-hydrogen) atoms. The van der Waals surface area contributed by atoms with Gasteiger partial charge in [0.05, 0.1) is 5.38 Å². The van der Waals surface area contributed by atoms with E-state index in [4.69, 9.17) is 11.6 Å². The van der Waals surface area contributed by atoms with Crippen molar-refractivity contribution in [2.24, 2.45) is 5.41 Å². The van der Waals surface area contributed by atoms with Crippen molar-refractivity contribution in [2.45, 2.75) is 44.4 Å². The van der Waals surface area contributed by atoms with Crippen LogP contribution in [0, 0.1) is 5.41 Å². The second-order valence-electron chi connectivity index (χ2n) is 5.76. The lowest BCUT2D eigenvalue weighted by molar-refractivity contribution is 0.207. The highest BCUT2D eigenvalue weighted by molar-refractivity contribution is 7.17. The van der Waals surface area contributed by atoms with Crippen LogP contribution in [0.1, 0.15) is 50.0 Å². The van der Waals surface area contributed by atoms with Gasteiger partial charge >= 0.3 is 0 Å². The van der Waals surface area contributed by atoms with E-state index in [9.17, 15) is 0 Å². The molecule has 0 N–H and O–H groups in total. The minimum absolute atomic E-state index is 0.161. The van der Waals surface area contributed by atoms with Crippen LogP contribution in [0.2, 0.25) is 0 Å². The van der Waals surface area contributed by atoms with E-state index in [0.717, 1.165) is 0 Å². The Labute approximate surface area is 118 Å². The van der Waals surface area contributed by atoms with Crippen molar-refractivity contribution >= 4 is 33.0 Å². The Bertz CT molecular complexity index is 537. The van der Waals surface area contributed by atoms with Gasteiger partial charge in [-0.2, -0.15) is 0 Å². The van der Waals surface area contributed by atoms with E-state index < -0.39 is 0 Å². The predicted octanol–water partition coefficient (Wildman–Crippen LogP) is 6.15. The minimum Gasteiger partial charge on any atom is -0.143 e. The van der Waals surface area contributed by atoms with Crippen molar-refractivity contribution in [3.63, 3.8) is 0 Å². The van der Waals surface area contributed by atoms with Gasteiger partial charge in [-0.3, -0.25) is 0 Å². The van der Waals surface area contributed by atoms with Gasteiger partial charge in [0.25, 0.3) is 0 Å². The zero-order valence-electron chi connectivity index (χ0n) is 10.8. The summed E-state index contributed by atoms with van der Waals surface area (Å²) in [6, 6.07) is 8.62. The third kappa shape index (κ3) is 2.08. The average molecular weight is 279 g/mol. The molecule has 0 amide bonds. The first-order chi connectivity index (χ1) is 8.71. The number of halogens is 1. The number of rotatable bonds is 2. The minimum atomic E-state index is 0.161. The molecular formula is C16H19ClS. The van der Waals surface area contributed by atoms with Crippen molar-refractivity contribution in [1.29, 1.82) is 0 Å². The molecule has 96 valence electrons. The summed E-state index contributed by atoms with van der Waals surface area (Å²) in [5.41, 5.74) is 1.63. The van der Waals surface area contributed by atoms with Gasteiger partial charge in [0.2, 0.25) is 0 Å². The van der Waals surface area contributed by atoms with Gasteiger partial charge < -0.3 is 0 Å². The zero-order chi connectivity index (χ0) is 12.6. The van der Waals surface area contributed by atoms with E-state index in [2.05, 4.69) is 36.6 Å². The van der Waals surface area contributed by atoms with Gasteiger partial charge in [-0.15, -0.1) is 22.9 Å². The summed E-state index contributed by atoms with van der Waals surface area (Å²) < 4.78 is 1.36. The molecule has 1 fully saturated rings. The van der Waals surface area contributed by atoms with Crippen LogP contribution in [0.15, 0.2) is 29.6 Å². The number of hydrogen-bond donors (Lipinski definition) is 0. The lowest BCUT2D eigenvalue weighted by atomic mass is 9.71. The van der Waals surface area contributed by atoms with E-state index in [0.29, 0.717) is 0 Å². The fraction of sp³-hybridized carbons (Fsp3) is 0.500. The molecule has 0 spiro atoms. The van der Waals surface area contributed by atoms with Crippen molar-refractivity contribution in [1.82, 2.24) is 0 Å². The smallest absolute Gasteiger partial charge is 0.0653 e. The first-order valence-corrected chi connectivity index (χ1v) is 8.12. The number of alkyl halides is 1. The maximum atomic E-state index is 6.85. The molecule has 1 saturated carbocycles. The highest BCUT2D eigenvalue weighted by Gasteiger charge is 2.36. The molecule has 1 aromatic carbocycles. The number of thiophene rings is 1. The summed E-state index contributed by atoms with van der Waals surface area (Å²) in [6.07, 6.45) is 6.59. The van der Waals surface area contributed by atoms with E-state index in [1.54, 1.807) is 0 Å². The number of hydrogen-bond acceptors (Lipinski definition) is 1. The molecule has 0 saturated heterocycles. The highest BCUT2D eigenvalue weighted by Crippen LogP contribution is 2.51. The molecule has 0 aliphatic heterocycles. The first kappa shape index (κ1) is 12.5. The van der Waals surface area contributed by atoms with Crippen LogP contribution < -0.4 is 0 Å². The standard InChI is InChI=1S/C16H19ClS/c1-16(9-5-2-6-10-16)15(17)13-11-18-14-8-4-3-7-12(13)14/h3-4,7-8,11,15H,2,5-6,9-10H2,1H3. The lowest BCUT2D eigenvalue weighted by Crippen LogP contribution is -2.25. The summed E-state index contributed by atoms with van der Waals surface area (Å²) in [4.78, 5) is 0. The molecule has 1 unspecified atom stereocenters. The molecular weight excluding hydrogens is 260 g/mol. The largest absolute Gasteiger partial charge is 0.143 e. The zero-order valence-corrected chi connectivity index (χ0v) is 12.4. The fourth-order valence-corrected chi connectivity index (χ4v) is 4.64. The van der Waals surface area contributed by atoms with Gasteiger partial charge in [-0.25, -0.2) is 0 Å². The fourth-order valence-electron chi connectivity index (χ4n) is 3.18. The van der Waals surface area contributed by atoms with Crippen molar-refractivity contribution in [2.75, 3.05) is 0 Å². The molecule has 2 aromatic rings. The van der Waals surface area contributed by atoms with Crippen LogP contribution in [0.25, 0.3) is 10.1 Å². The van der Waals surface area contributed by atoms with Crippen molar-refractivity contribution < 1.29 is 0 Å². The van der Waals surface area contributed by atoms with Crippen molar-refractivity contribution in [3.05, 3.63) is 35.2 Å². The maximum Gasteiger partial charge on any atom is 0.0653 e. The van der Waals surface area contributed by atoms with Crippen LogP contribution in [0.3, 0.4) is 0 Å². The average Bonchev–Trinajstić information content (AvgIpc) is 2.82. The lowest BCUT2D eigenvalue weighted by Gasteiger charge is -2.37. The van der Waals surface area contributed by atoms with Gasteiger partial charge in [-0.05, 0) is 40.7 Å². The quantitative estimate of drug-likeness (QED) is 0.578. The number of fused-ring (bicyclic) bond motifs is 1. The molecule has 0 bridgehead atoms. The number of benzene rings is 1. The normalized spacial score (nSPS) is 21.0. The SMILES string of the molecule is CC1(C(Cl)c2csc3ccccc23)CCCCC1. The Kier molecular flexibility index (Phi) is 3.38. The summed E-state index contributed by atoms with van der Waals surface area (Å²) in [7, 11) is 0. The Hall–Kier alpha value is -0.530. The summed E-state index contributed by atoms with van der Waals surface area (Å²) in [5, 5.41) is 3.78. The van der Waals surface area contributed by atoms with Gasteiger partial charge in [0.1, 0.15) is 0 Å². The van der Waals surface area contributed by atoms with Gasteiger partial charge in [0.15, 0.2) is 0 Å². The highest BCUT2D eigenvalue weighted by atomic mass is 35.5. The van der Waals surface area contributed by atoms with Crippen LogP contribution in [-0.4, -0.2) is 0 Å². The van der Waals surface area contributed by atoms with Crippen LogP contribution in [-0.2, 0) is 0 Å². The molecule has 1 heterocycles. The molecule has 0 radical (unpaired) electrons. The monoisotopic (exact) mass is 278 g/mol. The summed E-state index contributed by atoms with van der Waals surface area (Å²) >= 11 is 8.67. The second kappa shape index (κ2) is 4.86. The third-order valence-corrected chi connectivity index (χ3v) is 6.14. The van der Waals surface area contributed by atoms with Gasteiger partial charge in [-0.1, -0.05) is 44.4 Å². The Morgan fingerprint density at radius 2 is 1.89 bits per heavy atom. The maximum absolute atomic E-state index is 6.85. The molecule has 3 rings (SSSR count). The van der Waals surface area contributed by atoms with Crippen molar-refractivity contribution in [3.8, 4) is 0 Å². The van der Waals surface area contributed by atoms with E-state index >= 15 is 0 Å². The molecule has 1 atom stereocenters. The summed E-state index contributed by atoms with van der Waals surface area (Å²) in [5.74, 6) is 0. The van der Waals surface area contributed by atoms with Crippen LogP contribution in [0.5, 0.6) is 0 Å². The molecule has 1 aliphatic rings. The molecule has 2 heteroatoms. The Morgan fingerprint density at radius 1 is 1.17 bits per heavy atom. The Balaban J connectivity index is 1.98. The molecule has 1 aromatic heterocycles. The predicted molar refractivity (Wildman–Crippen MR) is 81.6 cm³/mol. The molecule has 1 aliphatic carbocycles. The third-order valence-electron chi connectivity index (χ3n) is 4.39. The van der Waals surface area contributed by atoms with Crippen LogP contribution in [0.4, 0.5) is 0 Å².